The standard InChI is InChI=1S/C20H23NO2/c1-14(2)15-5-7-16(8-6-15)19(22)13-20(23)17-9-11-18(12-10-17)21(3)4/h5-14,23H,1-4H3/b20-13+. The smallest absolute Gasteiger partial charge is 0.189 e. The Morgan fingerprint density at radius 1 is 0.957 bits per heavy atom. The van der Waals surface area contributed by atoms with E-state index in [1.54, 1.807) is 24.3 Å². The highest BCUT2D eigenvalue weighted by molar-refractivity contribution is 6.07. The highest BCUT2D eigenvalue weighted by Crippen LogP contribution is 2.19. The fraction of sp³-hybridized carbons (Fsp3) is 0.250. The van der Waals surface area contributed by atoms with Crippen LogP contribution < -0.4 is 4.90 Å². The van der Waals surface area contributed by atoms with E-state index in [1.807, 2.05) is 43.3 Å². The van der Waals surface area contributed by atoms with Crippen LogP contribution in [0.25, 0.3) is 5.76 Å². The van der Waals surface area contributed by atoms with Gasteiger partial charge in [-0.2, -0.15) is 0 Å². The number of ketones is 1. The van der Waals surface area contributed by atoms with Gasteiger partial charge in [-0.05, 0) is 35.7 Å². The second kappa shape index (κ2) is 7.14. The average Bonchev–Trinajstić information content (AvgIpc) is 2.54. The van der Waals surface area contributed by atoms with Gasteiger partial charge in [-0.25, -0.2) is 0 Å². The summed E-state index contributed by atoms with van der Waals surface area (Å²) in [6.07, 6.45) is 1.27. The van der Waals surface area contributed by atoms with E-state index in [1.165, 1.54) is 11.6 Å². The van der Waals surface area contributed by atoms with E-state index < -0.39 is 0 Å². The van der Waals surface area contributed by atoms with Crippen LogP contribution in [0.5, 0.6) is 0 Å². The van der Waals surface area contributed by atoms with Crippen LogP contribution in [0.4, 0.5) is 5.69 Å². The molecule has 0 saturated carbocycles. The van der Waals surface area contributed by atoms with Crippen LogP contribution in [0, 0.1) is 0 Å². The van der Waals surface area contributed by atoms with Crippen LogP contribution in [0.2, 0.25) is 0 Å². The van der Waals surface area contributed by atoms with E-state index in [0.29, 0.717) is 17.0 Å². The lowest BCUT2D eigenvalue weighted by atomic mass is 10.00. The lowest BCUT2D eigenvalue weighted by molar-refractivity contribution is 0.104. The van der Waals surface area contributed by atoms with E-state index in [2.05, 4.69) is 13.8 Å². The molecule has 0 aliphatic heterocycles. The number of benzene rings is 2. The fourth-order valence-corrected chi connectivity index (χ4v) is 2.25. The van der Waals surface area contributed by atoms with Crippen molar-refractivity contribution in [3.8, 4) is 0 Å². The average molecular weight is 309 g/mol. The van der Waals surface area contributed by atoms with Gasteiger partial charge >= 0.3 is 0 Å². The molecule has 0 bridgehead atoms. The molecule has 3 heteroatoms. The summed E-state index contributed by atoms with van der Waals surface area (Å²) < 4.78 is 0. The van der Waals surface area contributed by atoms with Crippen molar-refractivity contribution in [1.82, 2.24) is 0 Å². The second-order valence-corrected chi connectivity index (χ2v) is 6.11. The van der Waals surface area contributed by atoms with Crippen molar-refractivity contribution in [3.05, 3.63) is 71.3 Å². The predicted octanol–water partition coefficient (Wildman–Crippen LogP) is 4.66. The zero-order valence-electron chi connectivity index (χ0n) is 14.1. The third-order valence-corrected chi connectivity index (χ3v) is 3.81. The molecule has 0 amide bonds. The maximum absolute atomic E-state index is 12.2. The summed E-state index contributed by atoms with van der Waals surface area (Å²) in [6.45, 7) is 4.22. The minimum Gasteiger partial charge on any atom is -0.507 e. The molecule has 0 aromatic heterocycles. The molecular weight excluding hydrogens is 286 g/mol. The lowest BCUT2D eigenvalue weighted by Crippen LogP contribution is -2.08. The van der Waals surface area contributed by atoms with Crippen LogP contribution in [-0.2, 0) is 0 Å². The highest BCUT2D eigenvalue weighted by Gasteiger charge is 2.07. The third-order valence-electron chi connectivity index (χ3n) is 3.81. The van der Waals surface area contributed by atoms with Gasteiger partial charge in [-0.1, -0.05) is 38.1 Å². The molecule has 3 nitrogen and oxygen atoms in total. The molecule has 0 unspecified atom stereocenters. The van der Waals surface area contributed by atoms with Crippen LogP contribution in [-0.4, -0.2) is 25.0 Å². The number of rotatable bonds is 5. The van der Waals surface area contributed by atoms with Gasteiger partial charge in [0.2, 0.25) is 0 Å². The molecule has 0 spiro atoms. The predicted molar refractivity (Wildman–Crippen MR) is 96.2 cm³/mol. The van der Waals surface area contributed by atoms with Crippen molar-refractivity contribution in [1.29, 1.82) is 0 Å². The van der Waals surface area contributed by atoms with Crippen molar-refractivity contribution in [2.24, 2.45) is 0 Å². The van der Waals surface area contributed by atoms with Gasteiger partial charge in [0.05, 0.1) is 0 Å². The normalized spacial score (nSPS) is 11.6. The molecule has 23 heavy (non-hydrogen) atoms. The zero-order valence-corrected chi connectivity index (χ0v) is 14.1. The molecule has 0 aliphatic carbocycles. The first-order valence-electron chi connectivity index (χ1n) is 7.71. The number of hydrogen-bond donors (Lipinski definition) is 1. The first-order chi connectivity index (χ1) is 10.9. The van der Waals surface area contributed by atoms with Crippen molar-refractivity contribution >= 4 is 17.2 Å². The second-order valence-electron chi connectivity index (χ2n) is 6.11. The van der Waals surface area contributed by atoms with Gasteiger partial charge in [-0.15, -0.1) is 0 Å². The third kappa shape index (κ3) is 4.22. The summed E-state index contributed by atoms with van der Waals surface area (Å²) in [6, 6.07) is 14.9. The van der Waals surface area contributed by atoms with Crippen molar-refractivity contribution in [3.63, 3.8) is 0 Å². The number of allylic oxidation sites excluding steroid dienone is 1. The largest absolute Gasteiger partial charge is 0.507 e. The molecule has 0 atom stereocenters. The van der Waals surface area contributed by atoms with Crippen LogP contribution >= 0.6 is 0 Å². The van der Waals surface area contributed by atoms with E-state index >= 15 is 0 Å². The molecule has 2 aromatic rings. The minimum absolute atomic E-state index is 0.0201. The lowest BCUT2D eigenvalue weighted by Gasteiger charge is -2.12. The quantitative estimate of drug-likeness (QED) is 0.496. The maximum atomic E-state index is 12.2. The van der Waals surface area contributed by atoms with Crippen molar-refractivity contribution in [2.45, 2.75) is 19.8 Å². The van der Waals surface area contributed by atoms with Crippen LogP contribution in [0.15, 0.2) is 54.6 Å². The van der Waals surface area contributed by atoms with Gasteiger partial charge < -0.3 is 10.0 Å². The molecule has 1 N–H and O–H groups in total. The molecule has 2 aromatic carbocycles. The number of aliphatic hydroxyl groups excluding tert-OH is 1. The molecule has 0 radical (unpaired) electrons. The Morgan fingerprint density at radius 2 is 1.48 bits per heavy atom. The summed E-state index contributed by atoms with van der Waals surface area (Å²) in [7, 11) is 3.91. The van der Waals surface area contributed by atoms with E-state index in [9.17, 15) is 9.90 Å². The summed E-state index contributed by atoms with van der Waals surface area (Å²) in [5.74, 6) is 0.209. The summed E-state index contributed by atoms with van der Waals surface area (Å²) in [5.41, 5.74) is 3.43. The number of carbonyl (C=O) groups excluding carboxylic acids is 1. The Hall–Kier alpha value is -2.55. The Kier molecular flexibility index (Phi) is 5.22. The maximum Gasteiger partial charge on any atom is 0.189 e. The zero-order chi connectivity index (χ0) is 17.0. The van der Waals surface area contributed by atoms with Crippen LogP contribution in [0.3, 0.4) is 0 Å². The van der Waals surface area contributed by atoms with Gasteiger partial charge in [0.15, 0.2) is 5.78 Å². The van der Waals surface area contributed by atoms with Crippen molar-refractivity contribution < 1.29 is 9.90 Å². The van der Waals surface area contributed by atoms with Crippen molar-refractivity contribution in [2.75, 3.05) is 19.0 Å². The van der Waals surface area contributed by atoms with Gasteiger partial charge in [0.1, 0.15) is 5.76 Å². The van der Waals surface area contributed by atoms with E-state index in [0.717, 1.165) is 5.69 Å². The molecule has 2 rings (SSSR count). The monoisotopic (exact) mass is 309 g/mol. The fourth-order valence-electron chi connectivity index (χ4n) is 2.25. The Morgan fingerprint density at radius 3 is 1.96 bits per heavy atom. The molecule has 0 fully saturated rings. The first kappa shape index (κ1) is 16.8. The Balaban J connectivity index is 2.17. The number of carbonyl (C=O) groups is 1. The summed E-state index contributed by atoms with van der Waals surface area (Å²) in [4.78, 5) is 14.2. The molecule has 120 valence electrons. The SMILES string of the molecule is CC(C)c1ccc(C(=O)/C=C(/O)c2ccc(N(C)C)cc2)cc1. The molecule has 0 saturated heterocycles. The number of hydrogen-bond acceptors (Lipinski definition) is 3. The van der Waals surface area contributed by atoms with Gasteiger partial charge in [0, 0.05) is 37.0 Å². The van der Waals surface area contributed by atoms with Gasteiger partial charge in [-0.3, -0.25) is 4.79 Å². The summed E-state index contributed by atoms with van der Waals surface area (Å²) >= 11 is 0. The topological polar surface area (TPSA) is 40.5 Å². The first-order valence-corrected chi connectivity index (χ1v) is 7.71. The highest BCUT2D eigenvalue weighted by atomic mass is 16.3. The molecular formula is C20H23NO2. The van der Waals surface area contributed by atoms with E-state index in [4.69, 9.17) is 0 Å². The number of anilines is 1. The Bertz CT molecular complexity index is 695. The summed E-state index contributed by atoms with van der Waals surface area (Å²) in [5, 5.41) is 10.2. The Labute approximate surface area is 137 Å². The van der Waals surface area contributed by atoms with E-state index in [-0.39, 0.29) is 11.5 Å². The minimum atomic E-state index is -0.200. The molecule has 0 aliphatic rings. The number of aliphatic hydroxyl groups is 1. The molecule has 0 heterocycles. The van der Waals surface area contributed by atoms with Gasteiger partial charge in [0.25, 0.3) is 0 Å². The number of nitrogens with zero attached hydrogens (tertiary/aromatic N) is 1. The van der Waals surface area contributed by atoms with Crippen LogP contribution in [0.1, 0.15) is 41.3 Å².